The van der Waals surface area contributed by atoms with E-state index in [9.17, 15) is 19.2 Å². The van der Waals surface area contributed by atoms with Crippen LogP contribution in [0.1, 0.15) is 54.3 Å². The summed E-state index contributed by atoms with van der Waals surface area (Å²) in [7, 11) is 1.71. The van der Waals surface area contributed by atoms with Gasteiger partial charge < -0.3 is 26.0 Å². The zero-order valence-corrected chi connectivity index (χ0v) is 27.7. The highest BCUT2D eigenvalue weighted by Gasteiger charge is 2.31. The Balaban J connectivity index is 1.45. The molecule has 14 nitrogen and oxygen atoms in total. The van der Waals surface area contributed by atoms with E-state index in [1.807, 2.05) is 44.2 Å². The number of carbonyl (C=O) groups excluding carboxylic acids is 4. The minimum atomic E-state index is -1.01. The van der Waals surface area contributed by atoms with E-state index in [2.05, 4.69) is 36.4 Å². The first-order valence-corrected chi connectivity index (χ1v) is 15.9. The van der Waals surface area contributed by atoms with E-state index in [4.69, 9.17) is 4.74 Å². The van der Waals surface area contributed by atoms with Crippen molar-refractivity contribution < 1.29 is 23.9 Å². The summed E-state index contributed by atoms with van der Waals surface area (Å²) in [5.41, 5.74) is 2.39. The van der Waals surface area contributed by atoms with Crippen molar-refractivity contribution in [3.8, 4) is 17.1 Å². The molecule has 6 rings (SSSR count). The average Bonchev–Trinajstić information content (AvgIpc) is 3.63. The van der Waals surface area contributed by atoms with E-state index < -0.39 is 35.8 Å². The molecule has 0 spiro atoms. The first-order chi connectivity index (χ1) is 23.0. The van der Waals surface area contributed by atoms with Crippen LogP contribution in [-0.4, -0.2) is 73.4 Å². The molecule has 4 amide bonds. The molecule has 0 saturated carbocycles. The highest BCUT2D eigenvalue weighted by molar-refractivity contribution is 5.99. The summed E-state index contributed by atoms with van der Waals surface area (Å²) in [5, 5.41) is 20.3. The van der Waals surface area contributed by atoms with Crippen LogP contribution in [0.25, 0.3) is 11.4 Å². The van der Waals surface area contributed by atoms with Crippen molar-refractivity contribution in [1.82, 2.24) is 45.8 Å². The van der Waals surface area contributed by atoms with Crippen LogP contribution in [0.15, 0.2) is 60.8 Å². The monoisotopic (exact) mass is 655 g/mol. The Kier molecular flexibility index (Phi) is 10.5. The van der Waals surface area contributed by atoms with E-state index in [-0.39, 0.29) is 37.9 Å². The normalized spacial score (nSPS) is 19.5. The van der Waals surface area contributed by atoms with Gasteiger partial charge >= 0.3 is 0 Å². The summed E-state index contributed by atoms with van der Waals surface area (Å²) < 4.78 is 8.82. The number of amides is 4. The van der Waals surface area contributed by atoms with E-state index in [0.29, 0.717) is 28.7 Å². The van der Waals surface area contributed by atoms with Gasteiger partial charge in [0.15, 0.2) is 5.82 Å². The summed E-state index contributed by atoms with van der Waals surface area (Å²) in [5.74, 6) is -0.679. The summed E-state index contributed by atoms with van der Waals surface area (Å²) in [6.07, 6.45) is 1.75. The molecule has 2 bridgehead atoms. The fourth-order valence-electron chi connectivity index (χ4n) is 5.43. The average molecular weight is 656 g/mol. The molecule has 48 heavy (non-hydrogen) atoms. The van der Waals surface area contributed by atoms with Crippen LogP contribution in [0.5, 0.6) is 5.75 Å². The Morgan fingerprint density at radius 2 is 1.73 bits per heavy atom. The third-order valence-electron chi connectivity index (χ3n) is 7.95. The van der Waals surface area contributed by atoms with E-state index in [1.54, 1.807) is 51.4 Å². The molecule has 14 heteroatoms. The van der Waals surface area contributed by atoms with Crippen LogP contribution >= 0.6 is 0 Å². The van der Waals surface area contributed by atoms with Crippen LogP contribution in [0, 0.1) is 12.8 Å². The maximum absolute atomic E-state index is 13.9. The minimum absolute atomic E-state index is 0.133. The van der Waals surface area contributed by atoms with Crippen LogP contribution in [0.4, 0.5) is 0 Å². The standard InChI is InChI=1S/C34H41N9O5/c1-20(2)29-34(47)36-22(4)31-39-30(24-9-7-6-8-10-24)41-43(31)19-28(44)35-15-16-48-25-13-11-23(12-14-25)17-27(33(46)38-29)37-32(45)26-18-42(5)40-21(26)3/h6-14,18,20,22,27,29H,15-17,19H2,1-5H3,(H,35,44)(H,36,47)(H,37,45)(H,38,46)/t22-,27-,29+/m0/s1. The lowest BCUT2D eigenvalue weighted by molar-refractivity contribution is -0.131. The number of hydrogen-bond donors (Lipinski definition) is 4. The van der Waals surface area contributed by atoms with E-state index in [0.717, 1.165) is 11.1 Å². The molecule has 2 aromatic carbocycles. The quantitative estimate of drug-likeness (QED) is 0.258. The maximum atomic E-state index is 13.9. The number of aromatic nitrogens is 5. The van der Waals surface area contributed by atoms with Crippen LogP contribution < -0.4 is 26.0 Å². The van der Waals surface area contributed by atoms with E-state index >= 15 is 0 Å². The molecule has 0 radical (unpaired) electrons. The molecule has 2 aliphatic rings. The molecular weight excluding hydrogens is 614 g/mol. The number of hydrogen-bond acceptors (Lipinski definition) is 8. The van der Waals surface area contributed by atoms with E-state index in [1.165, 1.54) is 9.36 Å². The van der Waals surface area contributed by atoms with Crippen molar-refractivity contribution in [2.45, 2.75) is 58.8 Å². The SMILES string of the molecule is Cc1nn(C)cc1C(=O)N[C@H]1Cc2ccc(cc2)OCCNC(=O)Cn2nc(-c3ccccc3)nc2[C@H](C)NC(=O)[C@@H](C(C)C)NC1=O. The van der Waals surface area contributed by atoms with Crippen molar-refractivity contribution in [3.63, 3.8) is 0 Å². The Morgan fingerprint density at radius 3 is 2.40 bits per heavy atom. The Bertz CT molecular complexity index is 1770. The predicted octanol–water partition coefficient (Wildman–Crippen LogP) is 1.85. The number of nitrogens with one attached hydrogen (secondary N) is 4. The third-order valence-corrected chi connectivity index (χ3v) is 7.95. The fraction of sp³-hybridized carbons (Fsp3) is 0.382. The molecule has 4 aromatic rings. The number of rotatable bonds is 4. The van der Waals surface area contributed by atoms with Crippen molar-refractivity contribution in [1.29, 1.82) is 0 Å². The van der Waals surface area contributed by atoms with Crippen molar-refractivity contribution in [3.05, 3.63) is 83.4 Å². The number of nitrogens with zero attached hydrogens (tertiary/aromatic N) is 5. The summed E-state index contributed by atoms with van der Waals surface area (Å²) >= 11 is 0. The number of fused-ring (bicyclic) bond motifs is 14. The maximum Gasteiger partial charge on any atom is 0.255 e. The zero-order valence-electron chi connectivity index (χ0n) is 27.7. The fourth-order valence-corrected chi connectivity index (χ4v) is 5.43. The lowest BCUT2D eigenvalue weighted by atomic mass is 10.0. The molecule has 0 saturated heterocycles. The Morgan fingerprint density at radius 1 is 1.00 bits per heavy atom. The Labute approximate surface area is 278 Å². The van der Waals surface area contributed by atoms with Gasteiger partial charge in [-0.15, -0.1) is 0 Å². The van der Waals surface area contributed by atoms with Gasteiger partial charge in [0, 0.05) is 25.2 Å². The molecule has 3 atom stereocenters. The van der Waals surface area contributed by atoms with Gasteiger partial charge in [0.25, 0.3) is 5.91 Å². The largest absolute Gasteiger partial charge is 0.492 e. The molecule has 4 N–H and O–H groups in total. The number of carbonyl (C=O) groups is 4. The van der Waals surface area contributed by atoms with Crippen LogP contribution in [0.3, 0.4) is 0 Å². The highest BCUT2D eigenvalue weighted by atomic mass is 16.5. The first kappa shape index (κ1) is 33.8. The molecule has 4 heterocycles. The molecule has 0 aliphatic carbocycles. The second-order valence-corrected chi connectivity index (χ2v) is 12.2. The van der Waals surface area contributed by atoms with Gasteiger partial charge in [-0.3, -0.25) is 23.9 Å². The van der Waals surface area contributed by atoms with Gasteiger partial charge in [-0.25, -0.2) is 9.67 Å². The topological polar surface area (TPSA) is 174 Å². The molecule has 0 fully saturated rings. The smallest absolute Gasteiger partial charge is 0.255 e. The molecule has 2 aromatic heterocycles. The molecule has 252 valence electrons. The van der Waals surface area contributed by atoms with Crippen molar-refractivity contribution in [2.24, 2.45) is 13.0 Å². The van der Waals surface area contributed by atoms with Gasteiger partial charge in [0.05, 0.1) is 23.8 Å². The predicted molar refractivity (Wildman–Crippen MR) is 177 cm³/mol. The van der Waals surface area contributed by atoms with Crippen molar-refractivity contribution >= 4 is 23.6 Å². The van der Waals surface area contributed by atoms with Gasteiger partial charge in [0.1, 0.15) is 36.8 Å². The lowest BCUT2D eigenvalue weighted by Gasteiger charge is -2.26. The van der Waals surface area contributed by atoms with Crippen LogP contribution in [0.2, 0.25) is 0 Å². The number of aryl methyl sites for hydroxylation is 2. The summed E-state index contributed by atoms with van der Waals surface area (Å²) in [6.45, 7) is 7.44. The van der Waals surface area contributed by atoms with Gasteiger partial charge in [-0.1, -0.05) is 56.3 Å². The molecular formula is C34H41N9O5. The van der Waals surface area contributed by atoms with Gasteiger partial charge in [-0.05, 0) is 37.5 Å². The Hall–Kier alpha value is -5.53. The molecule has 2 aliphatic heterocycles. The highest BCUT2D eigenvalue weighted by Crippen LogP contribution is 2.20. The first-order valence-electron chi connectivity index (χ1n) is 15.9. The zero-order chi connectivity index (χ0) is 34.4. The van der Waals surface area contributed by atoms with Crippen LogP contribution in [-0.2, 0) is 34.4 Å². The lowest BCUT2D eigenvalue weighted by Crippen LogP contribution is -2.56. The summed E-state index contributed by atoms with van der Waals surface area (Å²) in [6, 6.07) is 13.8. The van der Waals surface area contributed by atoms with Crippen molar-refractivity contribution in [2.75, 3.05) is 13.2 Å². The van der Waals surface area contributed by atoms with Gasteiger partial charge in [0.2, 0.25) is 17.7 Å². The number of ether oxygens (including phenoxy) is 1. The summed E-state index contributed by atoms with van der Waals surface area (Å²) in [4.78, 5) is 58.6. The van der Waals surface area contributed by atoms with Gasteiger partial charge in [-0.2, -0.15) is 10.2 Å². The second-order valence-electron chi connectivity index (χ2n) is 12.2. The minimum Gasteiger partial charge on any atom is -0.492 e. The second kappa shape index (κ2) is 14.9. The molecule has 0 unspecified atom stereocenters. The number of benzene rings is 2. The third kappa shape index (κ3) is 8.24.